The molecule has 23 heavy (non-hydrogen) atoms. The minimum absolute atomic E-state index is 0.189. The molecule has 0 aliphatic heterocycles. The summed E-state index contributed by atoms with van der Waals surface area (Å²) in [6, 6.07) is 7.17. The molecule has 3 N–H and O–H groups in total. The largest absolute Gasteiger partial charge is 0.333 e. The maximum atomic E-state index is 12.7. The van der Waals surface area contributed by atoms with Crippen LogP contribution >= 0.6 is 22.9 Å². The van der Waals surface area contributed by atoms with Crippen molar-refractivity contribution in [3.63, 3.8) is 0 Å². The molecule has 0 unspecified atom stereocenters. The molecule has 3 aromatic rings. The minimum atomic E-state index is -0.189. The van der Waals surface area contributed by atoms with Crippen LogP contribution in [0.4, 0.5) is 11.6 Å². The number of rotatable bonds is 2. The topological polar surface area (TPSA) is 72.9 Å². The number of nitrogens with one attached hydrogen (secondary N) is 1. The van der Waals surface area contributed by atoms with Crippen molar-refractivity contribution in [2.45, 2.75) is 25.7 Å². The van der Waals surface area contributed by atoms with E-state index in [0.717, 1.165) is 40.0 Å². The van der Waals surface area contributed by atoms with Crippen molar-refractivity contribution in [3.05, 3.63) is 50.1 Å². The first kappa shape index (κ1) is 14.5. The lowest BCUT2D eigenvalue weighted by Crippen LogP contribution is -2.30. The number of halogens is 1. The molecule has 0 fully saturated rings. The zero-order valence-electron chi connectivity index (χ0n) is 12.3. The third-order valence-corrected chi connectivity index (χ3v) is 5.56. The lowest BCUT2D eigenvalue weighted by atomic mass is 9.97. The van der Waals surface area contributed by atoms with Crippen LogP contribution in [0.2, 0.25) is 5.02 Å². The van der Waals surface area contributed by atoms with E-state index in [1.165, 1.54) is 11.3 Å². The number of nitrogens with two attached hydrogens (primary N) is 1. The molecule has 118 valence electrons. The number of hydrogen-bond acceptors (Lipinski definition) is 5. The number of fused-ring (bicyclic) bond motifs is 3. The Kier molecular flexibility index (Phi) is 3.50. The molecule has 7 heteroatoms. The van der Waals surface area contributed by atoms with Crippen molar-refractivity contribution in [2.24, 2.45) is 0 Å². The van der Waals surface area contributed by atoms with Gasteiger partial charge in [0.15, 0.2) is 0 Å². The summed E-state index contributed by atoms with van der Waals surface area (Å²) in [6.07, 6.45) is 4.26. The van der Waals surface area contributed by atoms with Crippen LogP contribution in [0.5, 0.6) is 0 Å². The first-order valence-electron chi connectivity index (χ1n) is 7.48. The first-order chi connectivity index (χ1) is 11.1. The fraction of sp³-hybridized carbons (Fsp3) is 0.250. The number of nitrogens with zero attached hydrogens (tertiary/aromatic N) is 2. The van der Waals surface area contributed by atoms with Crippen LogP contribution in [0, 0.1) is 0 Å². The molecule has 0 saturated heterocycles. The third kappa shape index (κ3) is 2.48. The monoisotopic (exact) mass is 346 g/mol. The van der Waals surface area contributed by atoms with Crippen LogP contribution in [0.15, 0.2) is 29.1 Å². The van der Waals surface area contributed by atoms with Gasteiger partial charge in [0, 0.05) is 15.6 Å². The number of thiophene rings is 1. The molecule has 0 spiro atoms. The summed E-state index contributed by atoms with van der Waals surface area (Å²) in [5.41, 5.74) is 1.73. The molecule has 1 aromatic carbocycles. The molecule has 2 aromatic heterocycles. The van der Waals surface area contributed by atoms with Gasteiger partial charge >= 0.3 is 0 Å². The molecule has 5 nitrogen and oxygen atoms in total. The van der Waals surface area contributed by atoms with Gasteiger partial charge in [-0.1, -0.05) is 11.6 Å². The van der Waals surface area contributed by atoms with E-state index in [4.69, 9.17) is 17.4 Å². The van der Waals surface area contributed by atoms with E-state index >= 15 is 0 Å². The number of anilines is 2. The van der Waals surface area contributed by atoms with Gasteiger partial charge in [0.2, 0.25) is 5.95 Å². The molecule has 1 aliphatic rings. The van der Waals surface area contributed by atoms with Crippen LogP contribution in [0.3, 0.4) is 0 Å². The zero-order chi connectivity index (χ0) is 16.0. The van der Waals surface area contributed by atoms with E-state index in [9.17, 15) is 4.79 Å². The van der Waals surface area contributed by atoms with Crippen molar-refractivity contribution < 1.29 is 0 Å². The number of aryl methyl sites for hydroxylation is 2. The van der Waals surface area contributed by atoms with E-state index in [0.29, 0.717) is 16.4 Å². The highest BCUT2D eigenvalue weighted by atomic mass is 35.5. The zero-order valence-corrected chi connectivity index (χ0v) is 13.9. The minimum Gasteiger partial charge on any atom is -0.333 e. The van der Waals surface area contributed by atoms with Crippen molar-refractivity contribution in [3.8, 4) is 0 Å². The molecule has 2 heterocycles. The Morgan fingerprint density at radius 3 is 2.74 bits per heavy atom. The average Bonchev–Trinajstić information content (AvgIpc) is 2.92. The van der Waals surface area contributed by atoms with E-state index in [1.54, 1.807) is 23.5 Å². The fourth-order valence-electron chi connectivity index (χ4n) is 2.97. The highest BCUT2D eigenvalue weighted by Crippen LogP contribution is 2.34. The Hall–Kier alpha value is -2.05. The van der Waals surface area contributed by atoms with Gasteiger partial charge in [-0.05, 0) is 55.5 Å². The second-order valence-corrected chi connectivity index (χ2v) is 7.15. The molecular weight excluding hydrogens is 332 g/mol. The van der Waals surface area contributed by atoms with Gasteiger partial charge in [0.25, 0.3) is 5.56 Å². The van der Waals surface area contributed by atoms with E-state index in [2.05, 4.69) is 10.3 Å². The van der Waals surface area contributed by atoms with E-state index < -0.39 is 0 Å². The SMILES string of the molecule is Nn1c(Nc2ccc(Cl)cc2)nc2sc3c(c2c1=O)CCCC3. The third-order valence-electron chi connectivity index (χ3n) is 4.12. The fourth-order valence-corrected chi connectivity index (χ4v) is 4.35. The highest BCUT2D eigenvalue weighted by molar-refractivity contribution is 7.18. The Balaban J connectivity index is 1.83. The standard InChI is InChI=1S/C16H15ClN4OS/c17-9-5-7-10(8-6-9)19-16-20-14-13(15(22)21(16)18)11-3-1-2-4-12(11)23-14/h5-8H,1-4,18H2,(H,19,20). The maximum Gasteiger partial charge on any atom is 0.282 e. The van der Waals surface area contributed by atoms with E-state index in [1.807, 2.05) is 12.1 Å². The lowest BCUT2D eigenvalue weighted by Gasteiger charge is -2.11. The van der Waals surface area contributed by atoms with Gasteiger partial charge < -0.3 is 11.2 Å². The molecular formula is C16H15ClN4OS. The molecule has 1 aliphatic carbocycles. The Morgan fingerprint density at radius 2 is 1.96 bits per heavy atom. The van der Waals surface area contributed by atoms with Gasteiger partial charge in [-0.3, -0.25) is 4.79 Å². The van der Waals surface area contributed by atoms with Crippen LogP contribution in [-0.2, 0) is 12.8 Å². The van der Waals surface area contributed by atoms with Crippen molar-refractivity contribution in [1.82, 2.24) is 9.66 Å². The quantitative estimate of drug-likeness (QED) is 0.697. The molecule has 0 amide bonds. The van der Waals surface area contributed by atoms with Gasteiger partial charge in [0.1, 0.15) is 4.83 Å². The second kappa shape index (κ2) is 5.54. The van der Waals surface area contributed by atoms with Crippen LogP contribution in [0.25, 0.3) is 10.2 Å². The summed E-state index contributed by atoms with van der Waals surface area (Å²) in [5, 5.41) is 4.42. The number of hydrogen-bond donors (Lipinski definition) is 2. The van der Waals surface area contributed by atoms with Crippen LogP contribution in [-0.4, -0.2) is 9.66 Å². The normalized spacial score (nSPS) is 14.0. The van der Waals surface area contributed by atoms with Crippen molar-refractivity contribution in [1.29, 1.82) is 0 Å². The average molecular weight is 347 g/mol. The van der Waals surface area contributed by atoms with Gasteiger partial charge in [0.05, 0.1) is 5.39 Å². The smallest absolute Gasteiger partial charge is 0.282 e. The summed E-state index contributed by atoms with van der Waals surface area (Å²) in [5.74, 6) is 6.31. The Bertz CT molecular complexity index is 945. The van der Waals surface area contributed by atoms with Crippen molar-refractivity contribution >= 4 is 44.8 Å². The van der Waals surface area contributed by atoms with E-state index in [-0.39, 0.29) is 5.56 Å². The summed E-state index contributed by atoms with van der Waals surface area (Å²) < 4.78 is 1.10. The summed E-state index contributed by atoms with van der Waals surface area (Å²) in [7, 11) is 0. The molecule has 0 atom stereocenters. The summed E-state index contributed by atoms with van der Waals surface area (Å²) in [6.45, 7) is 0. The summed E-state index contributed by atoms with van der Waals surface area (Å²) >= 11 is 7.49. The predicted octanol–water partition coefficient (Wildman–Crippen LogP) is 3.45. The van der Waals surface area contributed by atoms with Gasteiger partial charge in [-0.2, -0.15) is 4.68 Å². The number of nitrogen functional groups attached to an aromatic ring is 1. The lowest BCUT2D eigenvalue weighted by molar-refractivity contribution is 0.699. The molecule has 0 bridgehead atoms. The Morgan fingerprint density at radius 1 is 1.22 bits per heavy atom. The molecule has 0 radical (unpaired) electrons. The Labute approximate surface area is 141 Å². The first-order valence-corrected chi connectivity index (χ1v) is 8.68. The second-order valence-electron chi connectivity index (χ2n) is 5.63. The molecule has 0 saturated carbocycles. The van der Waals surface area contributed by atoms with Crippen molar-refractivity contribution in [2.75, 3.05) is 11.2 Å². The van der Waals surface area contributed by atoms with Gasteiger partial charge in [-0.25, -0.2) is 4.98 Å². The van der Waals surface area contributed by atoms with Crippen LogP contribution < -0.4 is 16.7 Å². The number of benzene rings is 1. The molecule has 4 rings (SSSR count). The maximum absolute atomic E-state index is 12.7. The highest BCUT2D eigenvalue weighted by Gasteiger charge is 2.21. The van der Waals surface area contributed by atoms with Gasteiger partial charge in [-0.15, -0.1) is 11.3 Å². The number of aromatic nitrogens is 2. The predicted molar refractivity (Wildman–Crippen MR) is 95.4 cm³/mol. The van der Waals surface area contributed by atoms with Crippen LogP contribution in [0.1, 0.15) is 23.3 Å². The summed E-state index contributed by atoms with van der Waals surface area (Å²) in [4.78, 5) is 19.3.